The summed E-state index contributed by atoms with van der Waals surface area (Å²) < 4.78 is 2.05. The first-order chi connectivity index (χ1) is 10.2. The molecule has 0 spiro atoms. The molecule has 1 N–H and O–H groups in total. The van der Waals surface area contributed by atoms with E-state index in [0.717, 1.165) is 29.8 Å². The smallest absolute Gasteiger partial charge is 0.222 e. The predicted octanol–water partition coefficient (Wildman–Crippen LogP) is 3.12. The topological polar surface area (TPSA) is 46.9 Å². The molecule has 1 saturated carbocycles. The van der Waals surface area contributed by atoms with Crippen LogP contribution in [0.15, 0.2) is 30.6 Å². The zero-order valence-corrected chi connectivity index (χ0v) is 12.6. The monoisotopic (exact) mass is 285 g/mol. The zero-order valence-electron chi connectivity index (χ0n) is 12.6. The van der Waals surface area contributed by atoms with Gasteiger partial charge in [0, 0.05) is 19.0 Å². The van der Waals surface area contributed by atoms with Gasteiger partial charge < -0.3 is 9.88 Å². The number of hydrogen-bond acceptors (Lipinski definition) is 2. The summed E-state index contributed by atoms with van der Waals surface area (Å²) in [6.07, 6.45) is 7.06. The molecular formula is C17H23N3O. The highest BCUT2D eigenvalue weighted by molar-refractivity contribution is 5.77. The van der Waals surface area contributed by atoms with Crippen LogP contribution in [0.5, 0.6) is 0 Å². The van der Waals surface area contributed by atoms with Crippen LogP contribution in [0.2, 0.25) is 0 Å². The van der Waals surface area contributed by atoms with Crippen LogP contribution in [-0.4, -0.2) is 21.5 Å². The molecule has 0 aliphatic heterocycles. The van der Waals surface area contributed by atoms with Gasteiger partial charge in [-0.1, -0.05) is 19.1 Å². The molecule has 0 radical (unpaired) electrons. The van der Waals surface area contributed by atoms with Gasteiger partial charge in [-0.3, -0.25) is 4.79 Å². The van der Waals surface area contributed by atoms with Crippen molar-refractivity contribution >= 4 is 16.9 Å². The van der Waals surface area contributed by atoms with Gasteiger partial charge in [0.1, 0.15) is 0 Å². The minimum Gasteiger partial charge on any atom is -0.353 e. The van der Waals surface area contributed by atoms with Crippen LogP contribution in [0.4, 0.5) is 0 Å². The van der Waals surface area contributed by atoms with Crippen LogP contribution < -0.4 is 5.32 Å². The molecule has 112 valence electrons. The van der Waals surface area contributed by atoms with E-state index in [1.165, 1.54) is 12.8 Å². The molecule has 0 unspecified atom stereocenters. The van der Waals surface area contributed by atoms with Crippen molar-refractivity contribution in [2.24, 2.45) is 5.92 Å². The molecule has 1 amide bonds. The molecule has 1 fully saturated rings. The SMILES string of the molecule is CC1CCC(NC(=O)CCn2cnc3ccccc32)CC1. The Kier molecular flexibility index (Phi) is 4.23. The van der Waals surface area contributed by atoms with Gasteiger partial charge in [0.05, 0.1) is 17.4 Å². The lowest BCUT2D eigenvalue weighted by atomic mass is 9.87. The number of aromatic nitrogens is 2. The number of carbonyl (C=O) groups is 1. The van der Waals surface area contributed by atoms with E-state index in [4.69, 9.17) is 0 Å². The number of nitrogens with one attached hydrogen (secondary N) is 1. The molecule has 1 aliphatic carbocycles. The molecule has 0 saturated heterocycles. The van der Waals surface area contributed by atoms with Crippen LogP contribution in [0.25, 0.3) is 11.0 Å². The summed E-state index contributed by atoms with van der Waals surface area (Å²) in [5, 5.41) is 3.18. The number of amides is 1. The molecule has 1 aromatic heterocycles. The number of nitrogens with zero attached hydrogens (tertiary/aromatic N) is 2. The van der Waals surface area contributed by atoms with Crippen LogP contribution in [0.3, 0.4) is 0 Å². The Morgan fingerprint density at radius 1 is 1.29 bits per heavy atom. The summed E-state index contributed by atoms with van der Waals surface area (Å²) in [6, 6.07) is 8.41. The Bertz CT molecular complexity index is 611. The van der Waals surface area contributed by atoms with Crippen molar-refractivity contribution in [3.8, 4) is 0 Å². The van der Waals surface area contributed by atoms with Crippen molar-refractivity contribution in [2.45, 2.75) is 51.6 Å². The Hall–Kier alpha value is -1.84. The molecule has 1 aromatic carbocycles. The summed E-state index contributed by atoms with van der Waals surface area (Å²) >= 11 is 0. The first kappa shape index (κ1) is 14.1. The Balaban J connectivity index is 1.52. The third kappa shape index (κ3) is 3.43. The average Bonchev–Trinajstić information content (AvgIpc) is 2.91. The van der Waals surface area contributed by atoms with Gasteiger partial charge in [-0.15, -0.1) is 0 Å². The lowest BCUT2D eigenvalue weighted by Crippen LogP contribution is -2.37. The maximum absolute atomic E-state index is 12.1. The van der Waals surface area contributed by atoms with E-state index in [-0.39, 0.29) is 5.91 Å². The minimum absolute atomic E-state index is 0.160. The van der Waals surface area contributed by atoms with E-state index in [0.29, 0.717) is 19.0 Å². The second kappa shape index (κ2) is 6.29. The third-order valence-electron chi connectivity index (χ3n) is 4.49. The molecule has 0 bridgehead atoms. The number of carbonyl (C=O) groups excluding carboxylic acids is 1. The first-order valence-corrected chi connectivity index (χ1v) is 7.91. The first-order valence-electron chi connectivity index (χ1n) is 7.91. The highest BCUT2D eigenvalue weighted by Gasteiger charge is 2.19. The number of para-hydroxylation sites is 2. The average molecular weight is 285 g/mol. The van der Waals surface area contributed by atoms with Crippen molar-refractivity contribution in [3.05, 3.63) is 30.6 Å². The molecule has 21 heavy (non-hydrogen) atoms. The summed E-state index contributed by atoms with van der Waals surface area (Å²) in [6.45, 7) is 2.98. The maximum atomic E-state index is 12.1. The van der Waals surface area contributed by atoms with Crippen LogP contribution in [0, 0.1) is 5.92 Å². The largest absolute Gasteiger partial charge is 0.353 e. The van der Waals surface area contributed by atoms with Gasteiger partial charge in [0.25, 0.3) is 0 Å². The molecule has 2 aromatic rings. The summed E-state index contributed by atoms with van der Waals surface area (Å²) in [4.78, 5) is 16.4. The fourth-order valence-electron chi connectivity index (χ4n) is 3.11. The number of hydrogen-bond donors (Lipinski definition) is 1. The molecule has 4 heteroatoms. The van der Waals surface area contributed by atoms with Gasteiger partial charge >= 0.3 is 0 Å². The van der Waals surface area contributed by atoms with Crippen molar-refractivity contribution in [3.63, 3.8) is 0 Å². The second-order valence-corrected chi connectivity index (χ2v) is 6.20. The Morgan fingerprint density at radius 2 is 2.05 bits per heavy atom. The molecule has 1 heterocycles. The number of benzene rings is 1. The Labute approximate surface area is 125 Å². The van der Waals surface area contributed by atoms with Crippen molar-refractivity contribution in [1.29, 1.82) is 0 Å². The Morgan fingerprint density at radius 3 is 2.86 bits per heavy atom. The summed E-state index contributed by atoms with van der Waals surface area (Å²) in [7, 11) is 0. The van der Waals surface area contributed by atoms with E-state index in [2.05, 4.69) is 21.8 Å². The molecular weight excluding hydrogens is 262 g/mol. The van der Waals surface area contributed by atoms with Crippen LogP contribution in [-0.2, 0) is 11.3 Å². The van der Waals surface area contributed by atoms with Gasteiger partial charge in [0.15, 0.2) is 0 Å². The van der Waals surface area contributed by atoms with Crippen LogP contribution in [0.1, 0.15) is 39.0 Å². The molecule has 4 nitrogen and oxygen atoms in total. The van der Waals surface area contributed by atoms with Crippen molar-refractivity contribution in [1.82, 2.24) is 14.9 Å². The molecule has 3 rings (SSSR count). The lowest BCUT2D eigenvalue weighted by molar-refractivity contribution is -0.122. The summed E-state index contributed by atoms with van der Waals surface area (Å²) in [5.74, 6) is 0.975. The van der Waals surface area contributed by atoms with Gasteiger partial charge in [-0.2, -0.15) is 0 Å². The standard InChI is InChI=1S/C17H23N3O/c1-13-6-8-14(9-7-13)19-17(21)10-11-20-12-18-15-4-2-3-5-16(15)20/h2-5,12-14H,6-11H2,1H3,(H,19,21). The van der Waals surface area contributed by atoms with E-state index in [1.807, 2.05) is 30.6 Å². The third-order valence-corrected chi connectivity index (χ3v) is 4.49. The fraction of sp³-hybridized carbons (Fsp3) is 0.529. The second-order valence-electron chi connectivity index (χ2n) is 6.20. The van der Waals surface area contributed by atoms with E-state index < -0.39 is 0 Å². The van der Waals surface area contributed by atoms with E-state index in [1.54, 1.807) is 0 Å². The van der Waals surface area contributed by atoms with Gasteiger partial charge in [-0.25, -0.2) is 4.98 Å². The zero-order chi connectivity index (χ0) is 14.7. The minimum atomic E-state index is 0.160. The van der Waals surface area contributed by atoms with E-state index >= 15 is 0 Å². The number of rotatable bonds is 4. The fourth-order valence-corrected chi connectivity index (χ4v) is 3.11. The number of imidazole rings is 1. The maximum Gasteiger partial charge on any atom is 0.222 e. The quantitative estimate of drug-likeness (QED) is 0.938. The van der Waals surface area contributed by atoms with Crippen molar-refractivity contribution in [2.75, 3.05) is 0 Å². The lowest BCUT2D eigenvalue weighted by Gasteiger charge is -2.26. The molecule has 0 atom stereocenters. The predicted molar refractivity (Wildman–Crippen MR) is 83.9 cm³/mol. The van der Waals surface area contributed by atoms with Gasteiger partial charge in [0.2, 0.25) is 5.91 Å². The van der Waals surface area contributed by atoms with E-state index in [9.17, 15) is 4.79 Å². The summed E-state index contributed by atoms with van der Waals surface area (Å²) in [5.41, 5.74) is 2.08. The number of fused-ring (bicyclic) bond motifs is 1. The number of aryl methyl sites for hydroxylation is 1. The highest BCUT2D eigenvalue weighted by atomic mass is 16.1. The molecule has 1 aliphatic rings. The normalized spacial score (nSPS) is 22.3. The van der Waals surface area contributed by atoms with Crippen LogP contribution >= 0.6 is 0 Å². The van der Waals surface area contributed by atoms with Gasteiger partial charge in [-0.05, 0) is 43.7 Å². The van der Waals surface area contributed by atoms with Crippen molar-refractivity contribution < 1.29 is 4.79 Å². The highest BCUT2D eigenvalue weighted by Crippen LogP contribution is 2.23.